The summed E-state index contributed by atoms with van der Waals surface area (Å²) in [5.41, 5.74) is 14.4. The van der Waals surface area contributed by atoms with Gasteiger partial charge in [-0.05, 0) is 177 Å². The van der Waals surface area contributed by atoms with Gasteiger partial charge >= 0.3 is 0 Å². The van der Waals surface area contributed by atoms with Crippen LogP contribution in [0.1, 0.15) is 145 Å². The van der Waals surface area contributed by atoms with E-state index in [0.29, 0.717) is 95.3 Å². The van der Waals surface area contributed by atoms with Crippen molar-refractivity contribution in [1.82, 2.24) is 99.8 Å². The molecular formula is C88H78Cl4F2N20O5. The van der Waals surface area contributed by atoms with Gasteiger partial charge in [-0.3, -0.25) is 39.1 Å². The molecule has 25 nitrogen and oxygen atoms in total. The number of Topliss-reactive ketones (excluding diaryl/α,β-unsaturated/α-hetero) is 4. The zero-order valence-corrected chi connectivity index (χ0v) is 68.8. The number of ketones is 4. The molecule has 16 rings (SSSR count). The van der Waals surface area contributed by atoms with Gasteiger partial charge in [0.1, 0.15) is 34.8 Å². The Kier molecular flexibility index (Phi) is 27.0. The number of hydrogen-bond acceptors (Lipinski definition) is 21. The van der Waals surface area contributed by atoms with Crippen molar-refractivity contribution in [3.8, 4) is 23.3 Å². The van der Waals surface area contributed by atoms with Crippen molar-refractivity contribution in [2.45, 2.75) is 131 Å². The Morgan fingerprint density at radius 1 is 0.328 bits per heavy atom. The molecule has 16 aromatic rings. The van der Waals surface area contributed by atoms with Gasteiger partial charge in [0.15, 0.2) is 23.3 Å². The van der Waals surface area contributed by atoms with Crippen molar-refractivity contribution < 1.29 is 33.1 Å². The van der Waals surface area contributed by atoms with E-state index in [1.165, 1.54) is 84.9 Å². The van der Waals surface area contributed by atoms with Crippen molar-refractivity contribution in [1.29, 1.82) is 0 Å². The summed E-state index contributed by atoms with van der Waals surface area (Å²) in [6, 6.07) is 29.8. The molecule has 1 atom stereocenters. The summed E-state index contributed by atoms with van der Waals surface area (Å²) in [6.07, 6.45) is 26.5. The Balaban J connectivity index is 0.000000137. The van der Waals surface area contributed by atoms with E-state index in [0.717, 1.165) is 66.1 Å². The molecule has 0 saturated heterocycles. The average molecular weight is 1680 g/mol. The Bertz CT molecular complexity index is 5920. The number of fused-ring (bicyclic) bond motifs is 4. The summed E-state index contributed by atoms with van der Waals surface area (Å²) in [6.45, 7) is 16.3. The maximum atomic E-state index is 13.8. The molecule has 4 aromatic carbocycles. The summed E-state index contributed by atoms with van der Waals surface area (Å²) < 4.78 is 27.5. The van der Waals surface area contributed by atoms with E-state index in [-0.39, 0.29) is 79.3 Å². The minimum Gasteiger partial charge on any atom is -0.389 e. The second-order valence-electron chi connectivity index (χ2n) is 29.2. The SMILES string of the molecule is CC(C)c1c(CC(=O)Cc2cnc(-n3nccn3)c(Cl)c2)cnc2ccc(F)cc12.CC(C)c1c(CC(=O)Cc2cnc(-n3nccn3)c(Cl)c2)cnc2ccccc12.CC(O)c1c(CC(=O)Cc2cnc(-n3nccn3)c(Cl)c2)cnc2ccc(F)cc12.Cc1ccc2ncc(CC(=O)Cc3cnc(-n4nccn4)c(Cl)c3)c(C(C)C)c2c1. The predicted molar refractivity (Wildman–Crippen MR) is 451 cm³/mol. The number of rotatable bonds is 24. The van der Waals surface area contributed by atoms with E-state index in [9.17, 15) is 33.1 Å². The first-order valence-corrected chi connectivity index (χ1v) is 39.5. The highest BCUT2D eigenvalue weighted by molar-refractivity contribution is 6.33. The standard InChI is InChI=1S/C23H22ClN5O.C22H19ClFN5O.C22H20ClN5O.C21H17ClFN5O2/c1-14(2)22-17(13-25-21-5-4-15(3)8-19(21)22)11-18(30)9-16-10-20(24)23(26-12-16)29-27-6-7-28-29;1-13(2)21-15(12-25-20-4-3-16(24)10-18(20)21)9-17(30)7-14-8-19(23)22(26-11-14)29-27-5-6-28-29;1-14(2)21-16(13-24-20-6-4-3-5-18(20)21)11-17(29)9-15-10-19(23)22(25-12-15)28-26-7-8-27-28;1-12(29)20-14(11-24-19-3-2-15(23)9-17(19)20)8-16(30)6-13-7-18(22)21(25-10-13)28-26-4-5-27-28/h4-8,10,12-14H,9,11H2,1-3H3;3-6,8,10-13H,7,9H2,1-2H3;3-8,10,12-14H,9,11H2,1-2H3;2-5,7,9-12,29H,6,8H2,1H3. The summed E-state index contributed by atoms with van der Waals surface area (Å²) in [5, 5.41) is 47.3. The summed E-state index contributed by atoms with van der Waals surface area (Å²) in [7, 11) is 0. The van der Waals surface area contributed by atoms with Gasteiger partial charge in [-0.1, -0.05) is 118 Å². The lowest BCUT2D eigenvalue weighted by atomic mass is 9.90. The average Bonchev–Trinajstić information content (AvgIpc) is 1.68. The van der Waals surface area contributed by atoms with Crippen molar-refractivity contribution in [3.05, 3.63) is 306 Å². The Morgan fingerprint density at radius 3 is 0.899 bits per heavy atom. The first kappa shape index (κ1) is 84.3. The highest BCUT2D eigenvalue weighted by Crippen LogP contribution is 2.35. The number of benzene rings is 4. The number of carbonyl (C=O) groups excluding carboxylic acids is 4. The van der Waals surface area contributed by atoms with Crippen LogP contribution in [0.25, 0.3) is 66.9 Å². The van der Waals surface area contributed by atoms with Crippen molar-refractivity contribution in [2.75, 3.05) is 0 Å². The second-order valence-corrected chi connectivity index (χ2v) is 30.9. The number of aromatic nitrogens is 20. The van der Waals surface area contributed by atoms with Gasteiger partial charge in [0.2, 0.25) is 0 Å². The normalized spacial score (nSPS) is 11.6. The molecule has 12 heterocycles. The summed E-state index contributed by atoms with van der Waals surface area (Å²) >= 11 is 25.2. The number of aliphatic hydroxyl groups excluding tert-OH is 1. The largest absolute Gasteiger partial charge is 0.389 e. The molecule has 0 amide bonds. The lowest BCUT2D eigenvalue weighted by molar-refractivity contribution is -0.118. The zero-order valence-electron chi connectivity index (χ0n) is 65.8. The van der Waals surface area contributed by atoms with E-state index >= 15 is 0 Å². The number of aryl methyl sites for hydroxylation is 1. The van der Waals surface area contributed by atoms with Crippen molar-refractivity contribution in [2.24, 2.45) is 0 Å². The molecule has 1 N–H and O–H groups in total. The first-order chi connectivity index (χ1) is 57.3. The molecule has 0 radical (unpaired) electrons. The van der Waals surface area contributed by atoms with Crippen molar-refractivity contribution in [3.63, 3.8) is 0 Å². The molecule has 0 bridgehead atoms. The highest BCUT2D eigenvalue weighted by Gasteiger charge is 2.24. The quantitative estimate of drug-likeness (QED) is 0.0587. The minimum atomic E-state index is -0.878. The fourth-order valence-electron chi connectivity index (χ4n) is 14.3. The molecule has 31 heteroatoms. The number of halogens is 6. The molecule has 0 aliphatic carbocycles. The molecule has 119 heavy (non-hydrogen) atoms. The van der Waals surface area contributed by atoms with Crippen LogP contribution < -0.4 is 0 Å². The first-order valence-electron chi connectivity index (χ1n) is 38.0. The maximum absolute atomic E-state index is 13.8. The number of aliphatic hydroxyl groups is 1. The third-order valence-corrected chi connectivity index (χ3v) is 20.3. The summed E-state index contributed by atoms with van der Waals surface area (Å²) in [4.78, 5) is 91.4. The molecule has 1 unspecified atom stereocenters. The fraction of sp³-hybridized carbons (Fsp3) is 0.227. The number of para-hydroxylation sites is 1. The fourth-order valence-corrected chi connectivity index (χ4v) is 15.4. The Hall–Kier alpha value is -12.7. The number of pyridine rings is 8. The van der Waals surface area contributed by atoms with Crippen LogP contribution in [0.15, 0.2) is 202 Å². The number of carbonyl (C=O) groups is 4. The molecule has 12 aromatic heterocycles. The molecule has 0 aliphatic rings. The topological polar surface area (TPSA) is 314 Å². The lowest BCUT2D eigenvalue weighted by Gasteiger charge is -2.16. The van der Waals surface area contributed by atoms with E-state index in [1.54, 1.807) is 105 Å². The van der Waals surface area contributed by atoms with Gasteiger partial charge in [0, 0.05) is 122 Å². The van der Waals surface area contributed by atoms with Crippen molar-refractivity contribution >= 4 is 113 Å². The molecule has 0 fully saturated rings. The number of nitrogens with zero attached hydrogens (tertiary/aromatic N) is 20. The van der Waals surface area contributed by atoms with Gasteiger partial charge in [-0.15, -0.1) is 19.2 Å². The zero-order chi connectivity index (χ0) is 84.1. The third-order valence-electron chi connectivity index (χ3n) is 19.2. The van der Waals surface area contributed by atoms with Crippen LogP contribution in [-0.4, -0.2) is 128 Å². The van der Waals surface area contributed by atoms with Crippen LogP contribution >= 0.6 is 46.4 Å². The van der Waals surface area contributed by atoms with Crippen LogP contribution in [0, 0.1) is 18.6 Å². The van der Waals surface area contributed by atoms with E-state index in [4.69, 9.17) is 46.4 Å². The summed E-state index contributed by atoms with van der Waals surface area (Å²) in [5.74, 6) is 1.68. The Labute approximate surface area is 701 Å². The molecule has 0 spiro atoms. The molecular weight excluding hydrogens is 1600 g/mol. The smallest absolute Gasteiger partial charge is 0.193 e. The third kappa shape index (κ3) is 20.7. The highest BCUT2D eigenvalue weighted by atomic mass is 35.5. The predicted octanol–water partition coefficient (Wildman–Crippen LogP) is 16.9. The molecule has 0 aliphatic heterocycles. The monoisotopic (exact) mass is 1670 g/mol. The lowest BCUT2D eigenvalue weighted by Crippen LogP contribution is -2.11. The maximum Gasteiger partial charge on any atom is 0.193 e. The van der Waals surface area contributed by atoms with E-state index < -0.39 is 11.9 Å². The van der Waals surface area contributed by atoms with Gasteiger partial charge in [-0.2, -0.15) is 40.8 Å². The molecule has 602 valence electrons. The van der Waals surface area contributed by atoms with Crippen LogP contribution in [0.2, 0.25) is 20.1 Å². The van der Waals surface area contributed by atoms with Gasteiger partial charge < -0.3 is 5.11 Å². The Morgan fingerprint density at radius 2 is 0.597 bits per heavy atom. The van der Waals surface area contributed by atoms with Crippen LogP contribution in [-0.2, 0) is 70.5 Å². The van der Waals surface area contributed by atoms with Gasteiger partial charge in [0.25, 0.3) is 0 Å². The van der Waals surface area contributed by atoms with Crippen LogP contribution in [0.5, 0.6) is 0 Å². The van der Waals surface area contributed by atoms with Crippen LogP contribution in [0.3, 0.4) is 0 Å². The van der Waals surface area contributed by atoms with E-state index in [2.05, 4.69) is 133 Å². The van der Waals surface area contributed by atoms with E-state index in [1.807, 2.05) is 50.5 Å². The number of hydrogen-bond donors (Lipinski definition) is 1. The van der Waals surface area contributed by atoms with Crippen LogP contribution in [0.4, 0.5) is 8.78 Å². The van der Waals surface area contributed by atoms with Gasteiger partial charge in [0.05, 0.1) is 97.8 Å². The van der Waals surface area contributed by atoms with Gasteiger partial charge in [-0.25, -0.2) is 28.7 Å². The second kappa shape index (κ2) is 38.2. The molecule has 0 saturated carbocycles. The minimum absolute atomic E-state index is 0.00251.